The van der Waals surface area contributed by atoms with Crippen molar-refractivity contribution in [3.8, 4) is 11.4 Å². The molecule has 1 aliphatic carbocycles. The Labute approximate surface area is 270 Å². The third kappa shape index (κ3) is 7.37. The van der Waals surface area contributed by atoms with E-state index in [9.17, 15) is 24.3 Å². The Morgan fingerprint density at radius 3 is 2.69 bits per heavy atom. The number of carbonyl (C=O) groups excluding carboxylic acids is 3. The van der Waals surface area contributed by atoms with Gasteiger partial charge in [0.25, 0.3) is 0 Å². The molecule has 1 unspecified atom stereocenters. The number of carbonyl (C=O) groups is 4. The van der Waals surface area contributed by atoms with E-state index >= 15 is 0 Å². The maximum atomic E-state index is 14.2. The van der Waals surface area contributed by atoms with Crippen LogP contribution < -0.4 is 10.6 Å². The first kappa shape index (κ1) is 32.6. The highest BCUT2D eigenvalue weighted by molar-refractivity contribution is 9.10. The average Bonchev–Trinajstić information content (AvgIpc) is 3.28. The van der Waals surface area contributed by atoms with Crippen molar-refractivity contribution in [1.29, 1.82) is 0 Å². The normalized spacial score (nSPS) is 27.4. The summed E-state index contributed by atoms with van der Waals surface area (Å²) in [5, 5.41) is 28.6. The monoisotopic (exact) mass is 685 g/mol. The number of hydrogen-bond donors (Lipinski definition) is 3. The zero-order chi connectivity index (χ0) is 32.5. The van der Waals surface area contributed by atoms with Crippen LogP contribution in [0.25, 0.3) is 11.4 Å². The fourth-order valence-corrected chi connectivity index (χ4v) is 6.22. The number of aryl methyl sites for hydroxylation is 1. The van der Waals surface area contributed by atoms with E-state index in [0.29, 0.717) is 18.7 Å². The molecule has 1 saturated carbocycles. The van der Waals surface area contributed by atoms with Gasteiger partial charge < -0.3 is 25.4 Å². The predicted molar refractivity (Wildman–Crippen MR) is 167 cm³/mol. The van der Waals surface area contributed by atoms with Crippen LogP contribution in [0.15, 0.2) is 34.8 Å². The Hall–Kier alpha value is -3.81. The molecule has 3 N–H and O–H groups in total. The molecule has 14 heteroatoms. The smallest absolute Gasteiger partial charge is 0.408 e. The number of alkyl carbamates (subject to hydrolysis) is 1. The number of benzene rings is 1. The van der Waals surface area contributed by atoms with Crippen molar-refractivity contribution in [2.24, 2.45) is 5.92 Å². The second-order valence-electron chi connectivity index (χ2n) is 13.1. The van der Waals surface area contributed by atoms with Crippen LogP contribution in [0, 0.1) is 12.8 Å². The second-order valence-corrected chi connectivity index (χ2v) is 14.0. The number of aliphatic carboxylic acids is 1. The van der Waals surface area contributed by atoms with Crippen molar-refractivity contribution in [3.05, 3.63) is 40.4 Å². The molecule has 3 amide bonds. The van der Waals surface area contributed by atoms with Gasteiger partial charge in [-0.2, -0.15) is 4.80 Å². The number of halogens is 1. The van der Waals surface area contributed by atoms with Gasteiger partial charge in [-0.15, -0.1) is 10.2 Å². The predicted octanol–water partition coefficient (Wildman–Crippen LogP) is 3.93. The van der Waals surface area contributed by atoms with Crippen LogP contribution in [0.2, 0.25) is 0 Å². The van der Waals surface area contributed by atoms with Crippen LogP contribution in [-0.2, 0) is 19.1 Å². The van der Waals surface area contributed by atoms with Crippen molar-refractivity contribution in [3.63, 3.8) is 0 Å². The van der Waals surface area contributed by atoms with E-state index in [4.69, 9.17) is 4.74 Å². The molecule has 45 heavy (non-hydrogen) atoms. The summed E-state index contributed by atoms with van der Waals surface area (Å²) in [5.41, 5.74) is -0.424. The minimum Gasteiger partial charge on any atom is -0.479 e. The van der Waals surface area contributed by atoms with E-state index in [-0.39, 0.29) is 25.3 Å². The lowest BCUT2D eigenvalue weighted by Gasteiger charge is -2.30. The summed E-state index contributed by atoms with van der Waals surface area (Å²) in [7, 11) is 0. The van der Waals surface area contributed by atoms with Gasteiger partial charge in [0.15, 0.2) is 0 Å². The number of hydrogen-bond acceptors (Lipinski definition) is 8. The lowest BCUT2D eigenvalue weighted by Crippen LogP contribution is -2.56. The molecule has 1 aromatic carbocycles. The standard InChI is InChI=1S/C31H40BrN7O6/c1-18-14-19(12-13-22(18)32)25-35-37-39(36-25)21-15-24-26(40)34-31(28(42)43)16-20(31)10-8-6-5-7-9-11-23(27(41)38(24)17-21)33-29(44)45-30(2,3)4/h8,10,12-14,20-21,23-24H,5-7,9,11,15-17H2,1-4H3,(H,33,44)(H,34,40)(H,42,43)/t20-,21?,23-,24+,31+/m1/s1. The minimum absolute atomic E-state index is 0.0714. The molecule has 3 heterocycles. The Bertz CT molecular complexity index is 1500. The van der Waals surface area contributed by atoms with Crippen LogP contribution in [0.1, 0.15) is 77.3 Å². The zero-order valence-corrected chi connectivity index (χ0v) is 27.5. The molecule has 5 atom stereocenters. The topological polar surface area (TPSA) is 169 Å². The molecule has 1 saturated heterocycles. The zero-order valence-electron chi connectivity index (χ0n) is 26.0. The van der Waals surface area contributed by atoms with Gasteiger partial charge in [0.05, 0.1) is 6.04 Å². The number of fused-ring (bicyclic) bond motifs is 2. The molecule has 242 valence electrons. The number of nitrogens with zero attached hydrogens (tertiary/aromatic N) is 5. The quantitative estimate of drug-likeness (QED) is 0.404. The third-order valence-corrected chi connectivity index (χ3v) is 9.39. The number of ether oxygens (including phenoxy) is 1. The summed E-state index contributed by atoms with van der Waals surface area (Å²) in [6.07, 6.45) is 6.94. The van der Waals surface area contributed by atoms with E-state index in [1.54, 1.807) is 20.8 Å². The van der Waals surface area contributed by atoms with E-state index < -0.39 is 53.1 Å². The molecule has 5 rings (SSSR count). The second kappa shape index (κ2) is 12.9. The van der Waals surface area contributed by atoms with Gasteiger partial charge in [-0.05, 0) is 82.4 Å². The third-order valence-electron chi connectivity index (χ3n) is 8.50. The Morgan fingerprint density at radius 1 is 1.20 bits per heavy atom. The van der Waals surface area contributed by atoms with Crippen LogP contribution in [0.4, 0.5) is 4.79 Å². The molecule has 2 aliphatic heterocycles. The Balaban J connectivity index is 1.45. The molecule has 13 nitrogen and oxygen atoms in total. The number of rotatable bonds is 4. The van der Waals surface area contributed by atoms with Gasteiger partial charge in [0.2, 0.25) is 17.6 Å². The number of amides is 3. The van der Waals surface area contributed by atoms with Crippen molar-refractivity contribution >= 4 is 39.8 Å². The van der Waals surface area contributed by atoms with E-state index in [1.165, 1.54) is 9.70 Å². The molecule has 2 fully saturated rings. The highest BCUT2D eigenvalue weighted by atomic mass is 79.9. The molecule has 1 aromatic heterocycles. The summed E-state index contributed by atoms with van der Waals surface area (Å²) in [6.45, 7) is 7.24. The number of carboxylic acids is 1. The van der Waals surface area contributed by atoms with Gasteiger partial charge in [-0.25, -0.2) is 9.59 Å². The highest BCUT2D eigenvalue weighted by Gasteiger charge is 2.61. The van der Waals surface area contributed by atoms with Crippen molar-refractivity contribution < 1.29 is 29.0 Å². The number of aromatic nitrogens is 4. The fourth-order valence-electron chi connectivity index (χ4n) is 5.97. The van der Waals surface area contributed by atoms with Gasteiger partial charge in [-0.3, -0.25) is 9.59 Å². The number of tetrazole rings is 1. The van der Waals surface area contributed by atoms with Gasteiger partial charge in [-0.1, -0.05) is 40.9 Å². The van der Waals surface area contributed by atoms with E-state index in [2.05, 4.69) is 42.0 Å². The summed E-state index contributed by atoms with van der Waals surface area (Å²) >= 11 is 3.50. The Morgan fingerprint density at radius 2 is 1.98 bits per heavy atom. The highest BCUT2D eigenvalue weighted by Crippen LogP contribution is 2.45. The largest absolute Gasteiger partial charge is 0.479 e. The first-order valence-corrected chi connectivity index (χ1v) is 16.1. The summed E-state index contributed by atoms with van der Waals surface area (Å²) < 4.78 is 6.40. The molecular weight excluding hydrogens is 646 g/mol. The number of allylic oxidation sites excluding steroid dienone is 1. The molecule has 0 spiro atoms. The van der Waals surface area contributed by atoms with Crippen LogP contribution in [0.3, 0.4) is 0 Å². The maximum absolute atomic E-state index is 14.2. The summed E-state index contributed by atoms with van der Waals surface area (Å²) in [4.78, 5) is 56.0. The SMILES string of the molecule is Cc1cc(-c2nnn(C3C[C@H]4C(=O)N[C@@]5(C(=O)O)C[C@H]5C=CCCCCC[C@@H](NC(=O)OC(C)(C)C)C(=O)N4C3)n2)ccc1Br. The number of carboxylic acid groups (broad SMARTS) is 1. The average molecular weight is 687 g/mol. The number of nitrogens with one attached hydrogen (secondary N) is 2. The molecule has 0 bridgehead atoms. The van der Waals surface area contributed by atoms with Crippen molar-refractivity contribution in [2.75, 3.05) is 6.54 Å². The van der Waals surface area contributed by atoms with Crippen LogP contribution in [0.5, 0.6) is 0 Å². The van der Waals surface area contributed by atoms with Crippen molar-refractivity contribution in [1.82, 2.24) is 35.7 Å². The lowest BCUT2D eigenvalue weighted by atomic mass is 10.0. The maximum Gasteiger partial charge on any atom is 0.408 e. The van der Waals surface area contributed by atoms with Gasteiger partial charge >= 0.3 is 12.1 Å². The van der Waals surface area contributed by atoms with Crippen LogP contribution >= 0.6 is 15.9 Å². The van der Waals surface area contributed by atoms with Crippen LogP contribution in [-0.4, -0.2) is 83.9 Å². The first-order valence-electron chi connectivity index (χ1n) is 15.4. The Kier molecular flexibility index (Phi) is 9.33. The van der Waals surface area contributed by atoms with Gasteiger partial charge in [0.1, 0.15) is 23.2 Å². The van der Waals surface area contributed by atoms with Gasteiger partial charge in [0, 0.05) is 28.9 Å². The molecule has 3 aliphatic rings. The summed E-state index contributed by atoms with van der Waals surface area (Å²) in [5.74, 6) is -2.07. The summed E-state index contributed by atoms with van der Waals surface area (Å²) in [6, 6.07) is 3.23. The fraction of sp³-hybridized carbons (Fsp3) is 0.581. The molecular formula is C31H40BrN7O6. The molecule has 2 aromatic rings. The lowest BCUT2D eigenvalue weighted by molar-refractivity contribution is -0.145. The first-order chi connectivity index (χ1) is 21.3. The van der Waals surface area contributed by atoms with Crippen molar-refractivity contribution in [2.45, 2.75) is 102 Å². The molecule has 0 radical (unpaired) electrons. The van der Waals surface area contributed by atoms with E-state index in [1.807, 2.05) is 37.3 Å². The van der Waals surface area contributed by atoms with E-state index in [0.717, 1.165) is 34.9 Å². The minimum atomic E-state index is -1.42.